The molecule has 2 rings (SSSR count). The lowest BCUT2D eigenvalue weighted by Crippen LogP contribution is -2.08. The van der Waals surface area contributed by atoms with Crippen molar-refractivity contribution in [3.05, 3.63) is 58.7 Å². The van der Waals surface area contributed by atoms with Crippen LogP contribution >= 0.6 is 0 Å². The smallest absolute Gasteiger partial charge is 0.205 e. The second-order valence-electron chi connectivity index (χ2n) is 4.30. The molecule has 7 heteroatoms. The Labute approximate surface area is 121 Å². The number of rotatable bonds is 1. The van der Waals surface area contributed by atoms with Crippen LogP contribution in [-0.2, 0) is 6.18 Å². The number of halogens is 5. The fraction of sp³-hybridized carbons (Fsp3) is 0.0667. The Bertz CT molecular complexity index is 802. The van der Waals surface area contributed by atoms with E-state index in [0.717, 1.165) is 12.1 Å². The van der Waals surface area contributed by atoms with Crippen LogP contribution in [0.25, 0.3) is 11.1 Å². The Hall–Kier alpha value is -2.93. The summed E-state index contributed by atoms with van der Waals surface area (Å²) >= 11 is 0. The van der Waals surface area contributed by atoms with E-state index in [0.29, 0.717) is 18.2 Å². The second kappa shape index (κ2) is 5.45. The molecule has 0 spiro atoms. The van der Waals surface area contributed by atoms with E-state index in [1.807, 2.05) is 0 Å². The van der Waals surface area contributed by atoms with Crippen molar-refractivity contribution in [3.8, 4) is 23.3 Å². The minimum atomic E-state index is -4.80. The van der Waals surface area contributed by atoms with Gasteiger partial charge in [0.15, 0.2) is 0 Å². The van der Waals surface area contributed by atoms with E-state index in [1.54, 1.807) is 6.07 Å². The van der Waals surface area contributed by atoms with Crippen molar-refractivity contribution in [3.63, 3.8) is 0 Å². The van der Waals surface area contributed by atoms with Crippen molar-refractivity contribution in [1.29, 1.82) is 10.5 Å². The minimum absolute atomic E-state index is 0.231. The number of hydrogen-bond donors (Lipinski definition) is 0. The molecule has 0 aliphatic rings. The minimum Gasteiger partial charge on any atom is -0.205 e. The van der Waals surface area contributed by atoms with Gasteiger partial charge in [-0.25, -0.2) is 8.78 Å². The average molecular weight is 308 g/mol. The summed E-state index contributed by atoms with van der Waals surface area (Å²) in [5.41, 5.74) is -3.13. The number of hydrogen-bond acceptors (Lipinski definition) is 2. The summed E-state index contributed by atoms with van der Waals surface area (Å²) < 4.78 is 66.3. The number of nitrogens with zero attached hydrogens (tertiary/aromatic N) is 2. The van der Waals surface area contributed by atoms with Crippen LogP contribution < -0.4 is 0 Å². The van der Waals surface area contributed by atoms with Gasteiger partial charge in [0.05, 0.1) is 17.2 Å². The van der Waals surface area contributed by atoms with Gasteiger partial charge in [-0.15, -0.1) is 0 Å². The van der Waals surface area contributed by atoms with Crippen LogP contribution in [0.4, 0.5) is 22.0 Å². The Morgan fingerprint density at radius 1 is 0.864 bits per heavy atom. The molecule has 0 bridgehead atoms. The standard InChI is InChI=1S/C15H5F5N2/c16-13-4-9(5-14(17)11(13)7-22)10-2-1-8(6-21)3-12(10)15(18,19)20/h1-5H. The van der Waals surface area contributed by atoms with Gasteiger partial charge >= 0.3 is 6.18 Å². The summed E-state index contributed by atoms with van der Waals surface area (Å²) in [5.74, 6) is -2.51. The van der Waals surface area contributed by atoms with Crippen molar-refractivity contribution in [2.24, 2.45) is 0 Å². The molecule has 2 aromatic rings. The molecule has 0 aliphatic carbocycles. The molecule has 0 aromatic heterocycles. The molecule has 22 heavy (non-hydrogen) atoms. The predicted molar refractivity (Wildman–Crippen MR) is 66.2 cm³/mol. The van der Waals surface area contributed by atoms with Gasteiger partial charge in [0.2, 0.25) is 0 Å². The first kappa shape index (κ1) is 15.5. The Balaban J connectivity index is 2.74. The van der Waals surface area contributed by atoms with Gasteiger partial charge in [-0.3, -0.25) is 0 Å². The van der Waals surface area contributed by atoms with Gasteiger partial charge < -0.3 is 0 Å². The van der Waals surface area contributed by atoms with Crippen LogP contribution in [0, 0.1) is 34.3 Å². The summed E-state index contributed by atoms with van der Waals surface area (Å²) in [6.07, 6.45) is -4.80. The third-order valence-electron chi connectivity index (χ3n) is 2.92. The first-order valence-electron chi connectivity index (χ1n) is 5.78. The molecular weight excluding hydrogens is 303 g/mol. The maximum atomic E-state index is 13.6. The molecule has 0 N–H and O–H groups in total. The predicted octanol–water partition coefficient (Wildman–Crippen LogP) is 4.39. The van der Waals surface area contributed by atoms with Crippen LogP contribution in [0.2, 0.25) is 0 Å². The third-order valence-corrected chi connectivity index (χ3v) is 2.92. The molecule has 0 saturated heterocycles. The van der Waals surface area contributed by atoms with E-state index in [4.69, 9.17) is 10.5 Å². The molecule has 110 valence electrons. The van der Waals surface area contributed by atoms with Gasteiger partial charge in [-0.05, 0) is 35.4 Å². The van der Waals surface area contributed by atoms with E-state index in [-0.39, 0.29) is 11.1 Å². The summed E-state index contributed by atoms with van der Waals surface area (Å²) in [5, 5.41) is 17.2. The van der Waals surface area contributed by atoms with Gasteiger partial charge in [-0.2, -0.15) is 23.7 Å². The highest BCUT2D eigenvalue weighted by Crippen LogP contribution is 2.38. The van der Waals surface area contributed by atoms with Crippen LogP contribution in [-0.4, -0.2) is 0 Å². The van der Waals surface area contributed by atoms with Crippen molar-refractivity contribution < 1.29 is 22.0 Å². The summed E-state index contributed by atoms with van der Waals surface area (Å²) in [7, 11) is 0. The Kier molecular flexibility index (Phi) is 3.83. The first-order valence-corrected chi connectivity index (χ1v) is 5.78. The molecule has 0 unspecified atom stereocenters. The fourth-order valence-electron chi connectivity index (χ4n) is 1.94. The average Bonchev–Trinajstić information content (AvgIpc) is 2.45. The van der Waals surface area contributed by atoms with E-state index in [9.17, 15) is 22.0 Å². The molecule has 2 aromatic carbocycles. The molecule has 0 atom stereocenters. The normalized spacial score (nSPS) is 10.9. The largest absolute Gasteiger partial charge is 0.417 e. The fourth-order valence-corrected chi connectivity index (χ4v) is 1.94. The van der Waals surface area contributed by atoms with Gasteiger partial charge in [0.25, 0.3) is 0 Å². The molecule has 0 saturated carbocycles. The van der Waals surface area contributed by atoms with E-state index >= 15 is 0 Å². The van der Waals surface area contributed by atoms with Crippen molar-refractivity contribution in [2.75, 3.05) is 0 Å². The van der Waals surface area contributed by atoms with Crippen molar-refractivity contribution in [1.82, 2.24) is 0 Å². The zero-order chi connectivity index (χ0) is 16.5. The monoisotopic (exact) mass is 308 g/mol. The molecule has 0 fully saturated rings. The summed E-state index contributed by atoms with van der Waals surface area (Å²) in [4.78, 5) is 0. The molecule has 0 heterocycles. The van der Waals surface area contributed by atoms with E-state index in [1.165, 1.54) is 6.07 Å². The maximum absolute atomic E-state index is 13.6. The maximum Gasteiger partial charge on any atom is 0.417 e. The lowest BCUT2D eigenvalue weighted by molar-refractivity contribution is -0.137. The Morgan fingerprint density at radius 2 is 1.45 bits per heavy atom. The molecular formula is C15H5F5N2. The molecule has 0 aliphatic heterocycles. The highest BCUT2D eigenvalue weighted by molar-refractivity contribution is 5.70. The number of alkyl halides is 3. The molecule has 0 radical (unpaired) electrons. The molecule has 0 amide bonds. The number of benzene rings is 2. The van der Waals surface area contributed by atoms with Gasteiger partial charge in [0.1, 0.15) is 23.3 Å². The SMILES string of the molecule is N#Cc1ccc(-c2cc(F)c(C#N)c(F)c2)c(C(F)(F)F)c1. The van der Waals surface area contributed by atoms with E-state index < -0.39 is 34.5 Å². The zero-order valence-corrected chi connectivity index (χ0v) is 10.7. The lowest BCUT2D eigenvalue weighted by Gasteiger charge is -2.14. The van der Waals surface area contributed by atoms with Crippen molar-refractivity contribution >= 4 is 0 Å². The van der Waals surface area contributed by atoms with Crippen LogP contribution in [0.5, 0.6) is 0 Å². The quantitative estimate of drug-likeness (QED) is 0.733. The van der Waals surface area contributed by atoms with Crippen LogP contribution in [0.3, 0.4) is 0 Å². The number of nitriles is 2. The van der Waals surface area contributed by atoms with E-state index in [2.05, 4.69) is 0 Å². The first-order chi connectivity index (χ1) is 10.3. The lowest BCUT2D eigenvalue weighted by atomic mass is 9.96. The summed E-state index contributed by atoms with van der Waals surface area (Å²) in [6, 6.07) is 6.83. The highest BCUT2D eigenvalue weighted by Gasteiger charge is 2.34. The third kappa shape index (κ3) is 2.75. The molecule has 2 nitrogen and oxygen atoms in total. The van der Waals surface area contributed by atoms with Crippen LogP contribution in [0.15, 0.2) is 30.3 Å². The highest BCUT2D eigenvalue weighted by atomic mass is 19.4. The van der Waals surface area contributed by atoms with Gasteiger partial charge in [-0.1, -0.05) is 6.07 Å². The van der Waals surface area contributed by atoms with Crippen LogP contribution in [0.1, 0.15) is 16.7 Å². The zero-order valence-electron chi connectivity index (χ0n) is 10.7. The summed E-state index contributed by atoms with van der Waals surface area (Å²) in [6.45, 7) is 0. The van der Waals surface area contributed by atoms with Gasteiger partial charge in [0, 0.05) is 0 Å². The Morgan fingerprint density at radius 3 is 1.91 bits per heavy atom. The second-order valence-corrected chi connectivity index (χ2v) is 4.30. The topological polar surface area (TPSA) is 47.6 Å². The van der Waals surface area contributed by atoms with Crippen molar-refractivity contribution in [2.45, 2.75) is 6.18 Å².